The lowest BCUT2D eigenvalue weighted by Gasteiger charge is -2.34. The van der Waals surface area contributed by atoms with E-state index in [9.17, 15) is 24.3 Å². The number of imide groups is 1. The van der Waals surface area contributed by atoms with Gasteiger partial charge >= 0.3 is 5.97 Å². The van der Waals surface area contributed by atoms with Gasteiger partial charge in [-0.15, -0.1) is 0 Å². The summed E-state index contributed by atoms with van der Waals surface area (Å²) in [5.74, 6) is -2.39. The van der Waals surface area contributed by atoms with Gasteiger partial charge in [0.05, 0.1) is 5.54 Å². The van der Waals surface area contributed by atoms with Crippen molar-refractivity contribution in [3.8, 4) is 0 Å². The van der Waals surface area contributed by atoms with E-state index in [2.05, 4.69) is 5.32 Å². The van der Waals surface area contributed by atoms with Crippen molar-refractivity contribution in [1.29, 1.82) is 0 Å². The van der Waals surface area contributed by atoms with E-state index < -0.39 is 35.4 Å². The summed E-state index contributed by atoms with van der Waals surface area (Å²) in [4.78, 5) is 49.7. The van der Waals surface area contributed by atoms with E-state index in [4.69, 9.17) is 5.73 Å². The Bertz CT molecular complexity index is 691. The predicted octanol–water partition coefficient (Wildman–Crippen LogP) is 0.643. The highest BCUT2D eigenvalue weighted by molar-refractivity contribution is 7.98. The minimum atomic E-state index is -1.47. The molecule has 0 bridgehead atoms. The van der Waals surface area contributed by atoms with Gasteiger partial charge in [-0.25, -0.2) is 4.79 Å². The molecule has 0 radical (unpaired) electrons. The molecule has 28 heavy (non-hydrogen) atoms. The highest BCUT2D eigenvalue weighted by Crippen LogP contribution is 2.17. The Morgan fingerprint density at radius 1 is 1.29 bits per heavy atom. The average molecular weight is 410 g/mol. The molecule has 0 aliphatic rings. The molecule has 0 aromatic heterocycles. The van der Waals surface area contributed by atoms with Crippen LogP contribution in [0.3, 0.4) is 0 Å². The van der Waals surface area contributed by atoms with E-state index in [0.717, 1.165) is 0 Å². The number of benzene rings is 1. The van der Waals surface area contributed by atoms with Crippen molar-refractivity contribution in [2.75, 3.05) is 12.0 Å². The molecular formula is C19H27N3O5S. The molecule has 1 aromatic carbocycles. The lowest BCUT2D eigenvalue weighted by atomic mass is 9.98. The van der Waals surface area contributed by atoms with Crippen molar-refractivity contribution in [2.24, 2.45) is 5.73 Å². The average Bonchev–Trinajstić information content (AvgIpc) is 2.64. The van der Waals surface area contributed by atoms with Crippen LogP contribution in [0.4, 0.5) is 0 Å². The third-order valence-electron chi connectivity index (χ3n) is 4.05. The summed E-state index contributed by atoms with van der Waals surface area (Å²) in [7, 11) is 0. The third-order valence-corrected chi connectivity index (χ3v) is 4.70. The topological polar surface area (TPSA) is 130 Å². The van der Waals surface area contributed by atoms with Crippen LogP contribution in [0.15, 0.2) is 30.3 Å². The lowest BCUT2D eigenvalue weighted by Crippen LogP contribution is -2.62. The molecule has 0 aliphatic carbocycles. The smallest absolute Gasteiger partial charge is 0.327 e. The number of carboxylic acid groups (broad SMARTS) is 1. The number of nitrogens with zero attached hydrogens (tertiary/aromatic N) is 1. The number of nitrogens with two attached hydrogens (primary N) is 1. The maximum absolute atomic E-state index is 13.1. The Hall–Kier alpha value is -2.39. The van der Waals surface area contributed by atoms with E-state index in [-0.39, 0.29) is 12.8 Å². The maximum Gasteiger partial charge on any atom is 0.327 e. The fourth-order valence-corrected chi connectivity index (χ4v) is 3.07. The molecule has 0 saturated carbocycles. The summed E-state index contributed by atoms with van der Waals surface area (Å²) in [6.07, 6.45) is 2.39. The number of hydrogen-bond acceptors (Lipinski definition) is 6. The minimum absolute atomic E-state index is 0.0694. The van der Waals surface area contributed by atoms with Gasteiger partial charge in [0.1, 0.15) is 12.1 Å². The second-order valence-electron chi connectivity index (χ2n) is 6.90. The van der Waals surface area contributed by atoms with Gasteiger partial charge in [-0.2, -0.15) is 11.8 Å². The molecule has 1 rings (SSSR count). The Morgan fingerprint density at radius 3 is 2.36 bits per heavy atom. The Kier molecular flexibility index (Phi) is 9.14. The van der Waals surface area contributed by atoms with Gasteiger partial charge in [0.25, 0.3) is 5.91 Å². The van der Waals surface area contributed by atoms with E-state index in [1.54, 1.807) is 30.3 Å². The van der Waals surface area contributed by atoms with Crippen molar-refractivity contribution in [3.63, 3.8) is 0 Å². The maximum atomic E-state index is 13.1. The lowest BCUT2D eigenvalue weighted by molar-refractivity contribution is -0.161. The van der Waals surface area contributed by atoms with Crippen LogP contribution in [-0.2, 0) is 25.6 Å². The minimum Gasteiger partial charge on any atom is -0.480 e. The summed E-state index contributed by atoms with van der Waals surface area (Å²) in [6.45, 7) is 2.81. The van der Waals surface area contributed by atoms with Crippen molar-refractivity contribution < 1.29 is 24.3 Å². The first-order chi connectivity index (χ1) is 13.1. The monoisotopic (exact) mass is 409 g/mol. The van der Waals surface area contributed by atoms with Crippen LogP contribution in [0, 0.1) is 0 Å². The van der Waals surface area contributed by atoms with Crippen LogP contribution in [0.2, 0.25) is 0 Å². The number of carbonyl (C=O) groups excluding carboxylic acids is 3. The Morgan fingerprint density at radius 2 is 1.89 bits per heavy atom. The zero-order valence-corrected chi connectivity index (χ0v) is 17.1. The zero-order chi connectivity index (χ0) is 21.3. The van der Waals surface area contributed by atoms with Crippen molar-refractivity contribution in [3.05, 3.63) is 35.9 Å². The van der Waals surface area contributed by atoms with Crippen LogP contribution < -0.4 is 11.1 Å². The fraction of sp³-hybridized carbons (Fsp3) is 0.474. The van der Waals surface area contributed by atoms with E-state index in [1.165, 1.54) is 25.6 Å². The molecule has 0 saturated heterocycles. The first kappa shape index (κ1) is 23.6. The number of nitrogens with one attached hydrogen (secondary N) is 1. The number of amides is 3. The first-order valence-corrected chi connectivity index (χ1v) is 10.1. The molecule has 0 aliphatic heterocycles. The number of carbonyl (C=O) groups is 4. The van der Waals surface area contributed by atoms with E-state index in [1.807, 2.05) is 6.26 Å². The van der Waals surface area contributed by atoms with E-state index in [0.29, 0.717) is 22.6 Å². The number of thioether (sulfide) groups is 1. The number of aliphatic carboxylic acids is 1. The summed E-state index contributed by atoms with van der Waals surface area (Å²) < 4.78 is 0. The molecule has 8 nitrogen and oxygen atoms in total. The molecule has 1 aromatic rings. The Balaban J connectivity index is 3.34. The molecule has 2 unspecified atom stereocenters. The van der Waals surface area contributed by atoms with Crippen LogP contribution in [0.5, 0.6) is 0 Å². The molecule has 4 N–H and O–H groups in total. The largest absolute Gasteiger partial charge is 0.480 e. The van der Waals surface area contributed by atoms with Crippen molar-refractivity contribution in [2.45, 2.75) is 44.3 Å². The van der Waals surface area contributed by atoms with Gasteiger partial charge in [-0.05, 0) is 37.8 Å². The highest BCUT2D eigenvalue weighted by Gasteiger charge is 2.42. The van der Waals surface area contributed by atoms with Crippen molar-refractivity contribution in [1.82, 2.24) is 10.2 Å². The normalized spacial score (nSPS) is 13.3. The molecule has 0 spiro atoms. The summed E-state index contributed by atoms with van der Waals surface area (Å²) in [5.41, 5.74) is 5.08. The molecular weight excluding hydrogens is 382 g/mol. The molecule has 154 valence electrons. The van der Waals surface area contributed by atoms with Gasteiger partial charge in [0, 0.05) is 6.42 Å². The van der Waals surface area contributed by atoms with Crippen molar-refractivity contribution >= 4 is 36.0 Å². The number of hydrogen-bond donors (Lipinski definition) is 3. The summed E-state index contributed by atoms with van der Waals surface area (Å²) in [5, 5.41) is 12.2. The van der Waals surface area contributed by atoms with E-state index >= 15 is 0 Å². The second kappa shape index (κ2) is 10.8. The summed E-state index contributed by atoms with van der Waals surface area (Å²) >= 11 is 1.46. The fourth-order valence-electron chi connectivity index (χ4n) is 2.60. The third kappa shape index (κ3) is 6.65. The number of rotatable bonds is 11. The molecule has 0 fully saturated rings. The molecule has 2 atom stereocenters. The van der Waals surface area contributed by atoms with Gasteiger partial charge in [0.15, 0.2) is 0 Å². The quantitative estimate of drug-likeness (QED) is 0.457. The molecule has 3 amide bonds. The van der Waals surface area contributed by atoms with Crippen LogP contribution in [0.25, 0.3) is 0 Å². The zero-order valence-electron chi connectivity index (χ0n) is 16.3. The first-order valence-electron chi connectivity index (χ1n) is 8.75. The second-order valence-corrected chi connectivity index (χ2v) is 7.88. The van der Waals surface area contributed by atoms with Crippen LogP contribution >= 0.6 is 11.8 Å². The van der Waals surface area contributed by atoms with Gasteiger partial charge < -0.3 is 16.2 Å². The number of carboxylic acids is 1. The molecule has 0 heterocycles. The standard InChI is InChI=1S/C19H27N3O5S/c1-19(2,20)18(27)22(16(24)14(21-12-23)9-10-28-3)15(17(25)26)11-13-7-5-4-6-8-13/h4-8,12,14-15H,9-11,20H2,1-3H3,(H,21,23)(H,25,26). The van der Waals surface area contributed by atoms with Crippen LogP contribution in [0.1, 0.15) is 25.8 Å². The van der Waals surface area contributed by atoms with Gasteiger partial charge in [0.2, 0.25) is 12.3 Å². The SMILES string of the molecule is CSCCC(NC=O)C(=O)N(C(=O)C(C)(C)N)C(Cc1ccccc1)C(=O)O. The Labute approximate surface area is 168 Å². The van der Waals surface area contributed by atoms with Gasteiger partial charge in [-0.3, -0.25) is 19.3 Å². The predicted molar refractivity (Wildman–Crippen MR) is 108 cm³/mol. The van der Waals surface area contributed by atoms with Gasteiger partial charge in [-0.1, -0.05) is 30.3 Å². The van der Waals surface area contributed by atoms with Crippen LogP contribution in [-0.4, -0.2) is 63.8 Å². The summed E-state index contributed by atoms with van der Waals surface area (Å²) in [6, 6.07) is 6.22. The molecule has 9 heteroatoms. The highest BCUT2D eigenvalue weighted by atomic mass is 32.2.